The lowest BCUT2D eigenvalue weighted by Gasteiger charge is -2.46. The van der Waals surface area contributed by atoms with Crippen LogP contribution in [0.3, 0.4) is 0 Å². The van der Waals surface area contributed by atoms with Crippen LogP contribution in [-0.2, 0) is 10.0 Å². The van der Waals surface area contributed by atoms with Crippen LogP contribution in [0.15, 0.2) is 28.2 Å². The van der Waals surface area contributed by atoms with E-state index in [2.05, 4.69) is 11.9 Å². The number of sulfonamides is 1. The molecular formula is C15H22N2O3S. The monoisotopic (exact) mass is 310 g/mol. The Hall–Kier alpha value is -1.14. The molecule has 5 nitrogen and oxygen atoms in total. The molecule has 21 heavy (non-hydrogen) atoms. The molecule has 0 spiro atoms. The molecule has 3 rings (SSSR count). The van der Waals surface area contributed by atoms with Crippen LogP contribution in [0.2, 0.25) is 0 Å². The van der Waals surface area contributed by atoms with Crippen LogP contribution in [0.5, 0.6) is 0 Å². The van der Waals surface area contributed by atoms with Gasteiger partial charge in [0.25, 0.3) is 0 Å². The van der Waals surface area contributed by atoms with Crippen LogP contribution in [0, 0.1) is 11.8 Å². The van der Waals surface area contributed by atoms with Gasteiger partial charge < -0.3 is 4.98 Å². The number of hydrogen-bond donors (Lipinski definition) is 1. The molecule has 3 unspecified atom stereocenters. The van der Waals surface area contributed by atoms with Crippen molar-refractivity contribution in [2.24, 2.45) is 11.8 Å². The lowest BCUT2D eigenvalue weighted by atomic mass is 9.74. The Morgan fingerprint density at radius 3 is 2.76 bits per heavy atom. The van der Waals surface area contributed by atoms with Crippen molar-refractivity contribution < 1.29 is 8.42 Å². The Morgan fingerprint density at radius 1 is 1.24 bits per heavy atom. The van der Waals surface area contributed by atoms with E-state index in [1.807, 2.05) is 0 Å². The fourth-order valence-corrected chi connectivity index (χ4v) is 5.66. The van der Waals surface area contributed by atoms with Crippen molar-refractivity contribution in [2.45, 2.75) is 50.0 Å². The molecule has 0 bridgehead atoms. The van der Waals surface area contributed by atoms with Gasteiger partial charge in [0.1, 0.15) is 4.90 Å². The predicted molar refractivity (Wildman–Crippen MR) is 80.5 cm³/mol. The number of rotatable bonds is 2. The summed E-state index contributed by atoms with van der Waals surface area (Å²) in [5.74, 6) is 1.00. The van der Waals surface area contributed by atoms with E-state index in [9.17, 15) is 13.2 Å². The van der Waals surface area contributed by atoms with E-state index in [-0.39, 0.29) is 10.9 Å². The fraction of sp³-hybridized carbons (Fsp3) is 0.667. The first kappa shape index (κ1) is 14.8. The number of nitrogens with one attached hydrogen (secondary N) is 1. The van der Waals surface area contributed by atoms with Crippen LogP contribution in [0.1, 0.15) is 39.0 Å². The van der Waals surface area contributed by atoms with Crippen molar-refractivity contribution >= 4 is 10.0 Å². The zero-order valence-electron chi connectivity index (χ0n) is 12.3. The molecule has 0 radical (unpaired) electrons. The Kier molecular flexibility index (Phi) is 3.92. The molecule has 1 aliphatic heterocycles. The van der Waals surface area contributed by atoms with E-state index >= 15 is 0 Å². The van der Waals surface area contributed by atoms with Crippen LogP contribution in [0.25, 0.3) is 0 Å². The molecule has 2 heterocycles. The molecular weight excluding hydrogens is 288 g/mol. The molecule has 2 aliphatic rings. The van der Waals surface area contributed by atoms with E-state index in [1.54, 1.807) is 4.31 Å². The summed E-state index contributed by atoms with van der Waals surface area (Å²) < 4.78 is 27.3. The molecule has 2 fully saturated rings. The number of aromatic amines is 1. The maximum Gasteiger partial charge on any atom is 0.248 e. The summed E-state index contributed by atoms with van der Waals surface area (Å²) in [6, 6.07) is 1.34. The zero-order chi connectivity index (χ0) is 15.0. The second-order valence-corrected chi connectivity index (χ2v) is 8.13. The highest BCUT2D eigenvalue weighted by Crippen LogP contribution is 2.40. The number of nitrogens with zero attached hydrogens (tertiary/aromatic N) is 1. The molecule has 0 aromatic carbocycles. The van der Waals surface area contributed by atoms with Crippen molar-refractivity contribution in [3.63, 3.8) is 0 Å². The van der Waals surface area contributed by atoms with Gasteiger partial charge in [0.05, 0.1) is 0 Å². The molecule has 1 aromatic rings. The minimum Gasteiger partial charge on any atom is -0.366 e. The summed E-state index contributed by atoms with van der Waals surface area (Å²) in [5, 5.41) is 0. The maximum absolute atomic E-state index is 12.9. The van der Waals surface area contributed by atoms with E-state index < -0.39 is 15.5 Å². The van der Waals surface area contributed by atoms with Gasteiger partial charge in [-0.05, 0) is 31.1 Å². The summed E-state index contributed by atoms with van der Waals surface area (Å²) in [6.07, 6.45) is 7.93. The van der Waals surface area contributed by atoms with Gasteiger partial charge in [-0.2, -0.15) is 4.31 Å². The highest BCUT2D eigenvalue weighted by molar-refractivity contribution is 7.89. The second-order valence-electron chi connectivity index (χ2n) is 6.27. The molecule has 0 amide bonds. The molecule has 1 saturated heterocycles. The van der Waals surface area contributed by atoms with Crippen molar-refractivity contribution in [3.8, 4) is 0 Å². The van der Waals surface area contributed by atoms with Gasteiger partial charge >= 0.3 is 0 Å². The largest absolute Gasteiger partial charge is 0.366 e. The van der Waals surface area contributed by atoms with Crippen molar-refractivity contribution in [3.05, 3.63) is 28.7 Å². The average molecular weight is 310 g/mol. The van der Waals surface area contributed by atoms with E-state index in [0.717, 1.165) is 25.7 Å². The minimum absolute atomic E-state index is 0.0621. The van der Waals surface area contributed by atoms with E-state index in [4.69, 9.17) is 0 Å². The highest BCUT2D eigenvalue weighted by Gasteiger charge is 2.43. The molecule has 6 heteroatoms. The third-order valence-electron chi connectivity index (χ3n) is 5.06. The van der Waals surface area contributed by atoms with Crippen molar-refractivity contribution in [1.82, 2.24) is 9.29 Å². The van der Waals surface area contributed by atoms with Gasteiger partial charge in [-0.15, -0.1) is 0 Å². The standard InChI is InChI=1S/C15H22N2O3S/c1-11-7-9-17(13-5-3-2-4-12(11)13)21(19,20)15-10-16-8-6-14(15)18/h6,8,10-13H,2-5,7,9H2,1H3,(H,16,18). The van der Waals surface area contributed by atoms with Crippen molar-refractivity contribution in [1.29, 1.82) is 0 Å². The molecule has 3 atom stereocenters. The van der Waals surface area contributed by atoms with Gasteiger partial charge in [0, 0.05) is 31.0 Å². The third-order valence-corrected chi connectivity index (χ3v) is 7.01. The topological polar surface area (TPSA) is 70.2 Å². The predicted octanol–water partition coefficient (Wildman–Crippen LogP) is 1.96. The third kappa shape index (κ3) is 2.55. The lowest BCUT2D eigenvalue weighted by Crippen LogP contribution is -2.52. The Morgan fingerprint density at radius 2 is 2.00 bits per heavy atom. The number of piperidine rings is 1. The van der Waals surface area contributed by atoms with Crippen molar-refractivity contribution in [2.75, 3.05) is 6.54 Å². The van der Waals surface area contributed by atoms with Gasteiger partial charge in [-0.25, -0.2) is 8.42 Å². The lowest BCUT2D eigenvalue weighted by molar-refractivity contribution is 0.0826. The zero-order valence-corrected chi connectivity index (χ0v) is 13.1. The van der Waals surface area contributed by atoms with Gasteiger partial charge in [0.15, 0.2) is 0 Å². The highest BCUT2D eigenvalue weighted by atomic mass is 32.2. The summed E-state index contributed by atoms with van der Waals surface area (Å²) in [4.78, 5) is 14.5. The SMILES string of the molecule is CC1CCN(S(=O)(=O)c2c[nH]ccc2=O)C2CCCCC12. The Bertz CT molecular complexity index is 667. The Balaban J connectivity index is 1.99. The summed E-state index contributed by atoms with van der Waals surface area (Å²) in [5.41, 5.74) is -0.431. The summed E-state index contributed by atoms with van der Waals surface area (Å²) in [7, 11) is -3.70. The van der Waals surface area contributed by atoms with Gasteiger partial charge in [-0.1, -0.05) is 19.8 Å². The number of pyridine rings is 1. The van der Waals surface area contributed by atoms with Crippen LogP contribution in [0.4, 0.5) is 0 Å². The smallest absolute Gasteiger partial charge is 0.248 e. The van der Waals surface area contributed by atoms with E-state index in [1.165, 1.54) is 24.9 Å². The quantitative estimate of drug-likeness (QED) is 0.908. The molecule has 116 valence electrons. The molecule has 1 N–H and O–H groups in total. The Labute approximate surface area is 125 Å². The normalized spacial score (nSPS) is 30.8. The van der Waals surface area contributed by atoms with Gasteiger partial charge in [-0.3, -0.25) is 4.79 Å². The number of fused-ring (bicyclic) bond motifs is 1. The molecule has 1 saturated carbocycles. The maximum atomic E-state index is 12.9. The minimum atomic E-state index is -3.70. The molecule has 1 aromatic heterocycles. The van der Waals surface area contributed by atoms with Crippen LogP contribution >= 0.6 is 0 Å². The first-order chi connectivity index (χ1) is 10.0. The summed E-state index contributed by atoms with van der Waals surface area (Å²) >= 11 is 0. The number of hydrogen-bond acceptors (Lipinski definition) is 3. The van der Waals surface area contributed by atoms with Crippen LogP contribution < -0.4 is 5.43 Å². The van der Waals surface area contributed by atoms with Crippen LogP contribution in [-0.4, -0.2) is 30.3 Å². The van der Waals surface area contributed by atoms with Gasteiger partial charge in [0.2, 0.25) is 15.5 Å². The van der Waals surface area contributed by atoms with E-state index in [0.29, 0.717) is 18.4 Å². The average Bonchev–Trinajstić information content (AvgIpc) is 2.48. The first-order valence-electron chi connectivity index (χ1n) is 7.71. The summed E-state index contributed by atoms with van der Waals surface area (Å²) in [6.45, 7) is 2.75. The fourth-order valence-electron chi connectivity index (χ4n) is 3.90. The number of aromatic nitrogens is 1. The first-order valence-corrected chi connectivity index (χ1v) is 9.15. The second kappa shape index (κ2) is 5.57. The molecule has 1 aliphatic carbocycles. The number of H-pyrrole nitrogens is 1.